The van der Waals surface area contributed by atoms with E-state index in [1.165, 1.54) is 42.4 Å². The van der Waals surface area contributed by atoms with Gasteiger partial charge in [-0.05, 0) is 58.1 Å². The zero-order valence-corrected chi connectivity index (χ0v) is 30.9. The molecule has 0 amide bonds. The largest absolute Gasteiger partial charge is 0.456 e. The molecule has 262 valence electrons. The zero-order chi connectivity index (χ0) is 37.0. The highest BCUT2D eigenvalue weighted by molar-refractivity contribution is 7.26. The normalized spacial score (nSPS) is 11.6. The molecular formula is C51H31N3OS. The lowest BCUT2D eigenvalue weighted by molar-refractivity contribution is 0.669. The van der Waals surface area contributed by atoms with Crippen molar-refractivity contribution >= 4 is 53.4 Å². The summed E-state index contributed by atoms with van der Waals surface area (Å²) in [6.45, 7) is 0. The molecule has 0 fully saturated rings. The second-order valence-electron chi connectivity index (χ2n) is 14.0. The second kappa shape index (κ2) is 13.3. The van der Waals surface area contributed by atoms with Gasteiger partial charge in [0.15, 0.2) is 17.5 Å². The summed E-state index contributed by atoms with van der Waals surface area (Å²) >= 11 is 1.86. The average molecular weight is 734 g/mol. The van der Waals surface area contributed by atoms with Crippen LogP contribution in [0.3, 0.4) is 0 Å². The summed E-state index contributed by atoms with van der Waals surface area (Å²) in [7, 11) is 0. The van der Waals surface area contributed by atoms with E-state index in [9.17, 15) is 0 Å². The fourth-order valence-corrected chi connectivity index (χ4v) is 9.04. The predicted molar refractivity (Wildman–Crippen MR) is 233 cm³/mol. The smallest absolute Gasteiger partial charge is 0.164 e. The number of benzene rings is 8. The van der Waals surface area contributed by atoms with Crippen LogP contribution in [0.4, 0.5) is 0 Å². The van der Waals surface area contributed by atoms with Gasteiger partial charge in [-0.2, -0.15) is 0 Å². The summed E-state index contributed by atoms with van der Waals surface area (Å²) in [4.78, 5) is 15.0. The molecule has 0 aliphatic carbocycles. The van der Waals surface area contributed by atoms with Gasteiger partial charge >= 0.3 is 0 Å². The first-order chi connectivity index (χ1) is 27.7. The number of thiophene rings is 1. The molecule has 8 aromatic carbocycles. The second-order valence-corrected chi connectivity index (χ2v) is 15.0. The van der Waals surface area contributed by atoms with E-state index < -0.39 is 0 Å². The maximum Gasteiger partial charge on any atom is 0.164 e. The fraction of sp³-hybridized carbons (Fsp3) is 0. The molecule has 3 aromatic heterocycles. The fourth-order valence-electron chi connectivity index (χ4n) is 7.81. The minimum Gasteiger partial charge on any atom is -0.456 e. The number of nitrogens with zero attached hydrogens (tertiary/aromatic N) is 3. The predicted octanol–water partition coefficient (Wildman–Crippen LogP) is 14.1. The van der Waals surface area contributed by atoms with Crippen molar-refractivity contribution in [3.63, 3.8) is 0 Å². The topological polar surface area (TPSA) is 51.8 Å². The maximum absolute atomic E-state index is 6.53. The average Bonchev–Trinajstić information content (AvgIpc) is 3.85. The first-order valence-corrected chi connectivity index (χ1v) is 19.5. The number of fused-ring (bicyclic) bond motifs is 6. The number of rotatable bonds is 6. The highest BCUT2D eigenvalue weighted by atomic mass is 32.1. The number of hydrogen-bond donors (Lipinski definition) is 0. The molecule has 0 N–H and O–H groups in total. The molecule has 3 heterocycles. The third kappa shape index (κ3) is 5.56. The van der Waals surface area contributed by atoms with E-state index >= 15 is 0 Å². The molecule has 0 unspecified atom stereocenters. The van der Waals surface area contributed by atoms with Gasteiger partial charge in [-0.25, -0.2) is 15.0 Å². The minimum absolute atomic E-state index is 0.591. The summed E-state index contributed by atoms with van der Waals surface area (Å²) in [5.74, 6) is 1.83. The first kappa shape index (κ1) is 32.2. The van der Waals surface area contributed by atoms with E-state index in [-0.39, 0.29) is 0 Å². The number of furan rings is 1. The van der Waals surface area contributed by atoms with Crippen LogP contribution in [0.15, 0.2) is 192 Å². The van der Waals surface area contributed by atoms with Crippen LogP contribution in [-0.4, -0.2) is 15.0 Å². The van der Waals surface area contributed by atoms with E-state index in [1.807, 2.05) is 47.7 Å². The van der Waals surface area contributed by atoms with Gasteiger partial charge in [0.1, 0.15) is 11.2 Å². The van der Waals surface area contributed by atoms with E-state index in [0.717, 1.165) is 49.8 Å². The van der Waals surface area contributed by atoms with Crippen LogP contribution in [0.25, 0.3) is 110 Å². The molecule has 0 radical (unpaired) electrons. The SMILES string of the molecule is c1ccc(-c2ccc(-c3nc(-c4ccccc4)nc(-c4ccc5c(c4)oc4ccc(-c6ccccc6-c6cccc7c6sc6ccccc67)cc45)n3)cc2)cc1. The van der Waals surface area contributed by atoms with E-state index in [0.29, 0.717) is 17.5 Å². The Bertz CT molecular complexity index is 3240. The molecular weight excluding hydrogens is 703 g/mol. The van der Waals surface area contributed by atoms with Gasteiger partial charge in [-0.3, -0.25) is 0 Å². The van der Waals surface area contributed by atoms with Crippen molar-refractivity contribution in [2.75, 3.05) is 0 Å². The molecule has 0 aliphatic rings. The lowest BCUT2D eigenvalue weighted by Crippen LogP contribution is -2.00. The lowest BCUT2D eigenvalue weighted by atomic mass is 9.93. The molecule has 56 heavy (non-hydrogen) atoms. The summed E-state index contributed by atoms with van der Waals surface area (Å²) in [6, 6.07) is 65.7. The van der Waals surface area contributed by atoms with Gasteiger partial charge in [0.25, 0.3) is 0 Å². The van der Waals surface area contributed by atoms with Gasteiger partial charge in [-0.15, -0.1) is 11.3 Å². The molecule has 11 aromatic rings. The third-order valence-electron chi connectivity index (χ3n) is 10.6. The van der Waals surface area contributed by atoms with Crippen LogP contribution in [0.5, 0.6) is 0 Å². The highest BCUT2D eigenvalue weighted by Gasteiger charge is 2.18. The Morgan fingerprint density at radius 3 is 1.66 bits per heavy atom. The molecule has 5 heteroatoms. The molecule has 4 nitrogen and oxygen atoms in total. The summed E-state index contributed by atoms with van der Waals surface area (Å²) < 4.78 is 9.14. The monoisotopic (exact) mass is 733 g/mol. The highest BCUT2D eigenvalue weighted by Crippen LogP contribution is 2.43. The van der Waals surface area contributed by atoms with Crippen molar-refractivity contribution in [1.82, 2.24) is 15.0 Å². The standard InChI is InChI=1S/C51H31N3OS/c1-3-12-32(13-4-1)33-22-24-35(25-23-33)50-52-49(34-14-5-2-6-15-34)53-51(54-50)37-26-28-40-44-30-36(27-29-45(44)55-46(40)31-37)38-16-7-8-17-39(38)42-19-11-20-43-41-18-9-10-21-47(41)56-48(42)43/h1-31H. The first-order valence-electron chi connectivity index (χ1n) is 18.7. The van der Waals surface area contributed by atoms with Gasteiger partial charge in [0.05, 0.1) is 0 Å². The maximum atomic E-state index is 6.53. The molecule has 0 bridgehead atoms. The molecule has 0 aliphatic heterocycles. The van der Waals surface area contributed by atoms with Crippen LogP contribution in [-0.2, 0) is 0 Å². The van der Waals surface area contributed by atoms with Crippen LogP contribution < -0.4 is 0 Å². The molecule has 0 saturated heterocycles. The summed E-state index contributed by atoms with van der Waals surface area (Å²) in [5.41, 5.74) is 11.4. The van der Waals surface area contributed by atoms with Crippen LogP contribution in [0.2, 0.25) is 0 Å². The van der Waals surface area contributed by atoms with Crippen molar-refractivity contribution in [1.29, 1.82) is 0 Å². The minimum atomic E-state index is 0.591. The van der Waals surface area contributed by atoms with E-state index in [1.54, 1.807) is 0 Å². The van der Waals surface area contributed by atoms with Crippen molar-refractivity contribution in [2.45, 2.75) is 0 Å². The Balaban J connectivity index is 0.997. The zero-order valence-electron chi connectivity index (χ0n) is 30.1. The molecule has 0 spiro atoms. The summed E-state index contributed by atoms with van der Waals surface area (Å²) in [5, 5.41) is 4.72. The van der Waals surface area contributed by atoms with Crippen LogP contribution in [0, 0.1) is 0 Å². The van der Waals surface area contributed by atoms with E-state index in [4.69, 9.17) is 19.4 Å². The summed E-state index contributed by atoms with van der Waals surface area (Å²) in [6.07, 6.45) is 0. The Kier molecular flexibility index (Phi) is 7.64. The quantitative estimate of drug-likeness (QED) is 0.171. The van der Waals surface area contributed by atoms with Crippen LogP contribution in [0.1, 0.15) is 0 Å². The van der Waals surface area contributed by atoms with Gasteiger partial charge in [-0.1, -0.05) is 158 Å². The Morgan fingerprint density at radius 1 is 0.321 bits per heavy atom. The number of hydrogen-bond acceptors (Lipinski definition) is 5. The van der Waals surface area contributed by atoms with Crippen molar-refractivity contribution in [3.8, 4) is 67.5 Å². The molecule has 0 saturated carbocycles. The van der Waals surface area contributed by atoms with E-state index in [2.05, 4.69) is 152 Å². The van der Waals surface area contributed by atoms with Gasteiger partial charge < -0.3 is 4.42 Å². The van der Waals surface area contributed by atoms with Gasteiger partial charge in [0.2, 0.25) is 0 Å². The lowest BCUT2D eigenvalue weighted by Gasteiger charge is -2.11. The van der Waals surface area contributed by atoms with Gasteiger partial charge in [0, 0.05) is 53.2 Å². The molecule has 0 atom stereocenters. The Hall–Kier alpha value is -7.21. The Morgan fingerprint density at radius 2 is 0.875 bits per heavy atom. The van der Waals surface area contributed by atoms with Crippen LogP contribution >= 0.6 is 11.3 Å². The Labute approximate surface area is 327 Å². The van der Waals surface area contributed by atoms with Crippen molar-refractivity contribution in [2.24, 2.45) is 0 Å². The van der Waals surface area contributed by atoms with Crippen molar-refractivity contribution in [3.05, 3.63) is 188 Å². The number of aromatic nitrogens is 3. The molecule has 11 rings (SSSR count). The van der Waals surface area contributed by atoms with Crippen molar-refractivity contribution < 1.29 is 4.42 Å². The third-order valence-corrected chi connectivity index (χ3v) is 11.8.